The van der Waals surface area contributed by atoms with Crippen molar-refractivity contribution in [2.24, 2.45) is 0 Å². The highest BCUT2D eigenvalue weighted by molar-refractivity contribution is 7.99. The van der Waals surface area contributed by atoms with E-state index >= 15 is 0 Å². The molecule has 11 nitrogen and oxygen atoms in total. The van der Waals surface area contributed by atoms with Crippen LogP contribution in [-0.2, 0) is 17.8 Å². The highest BCUT2D eigenvalue weighted by atomic mass is 32.2. The van der Waals surface area contributed by atoms with E-state index in [0.717, 1.165) is 29.8 Å². The number of nitro groups is 1. The summed E-state index contributed by atoms with van der Waals surface area (Å²) in [5.41, 5.74) is 3.21. The molecule has 2 heterocycles. The average molecular weight is 587 g/mol. The number of rotatable bonds is 10. The Labute approximate surface area is 247 Å². The Morgan fingerprint density at radius 1 is 1.07 bits per heavy atom. The van der Waals surface area contributed by atoms with Crippen molar-refractivity contribution in [3.8, 4) is 11.4 Å². The van der Waals surface area contributed by atoms with Crippen molar-refractivity contribution in [1.82, 2.24) is 20.1 Å². The van der Waals surface area contributed by atoms with Gasteiger partial charge in [0.15, 0.2) is 11.0 Å². The number of fused-ring (bicyclic) bond motifs is 1. The maximum absolute atomic E-state index is 13.3. The number of hydrogen-bond donors (Lipinski definition) is 1. The number of anilines is 1. The Bertz CT molecular complexity index is 1620. The van der Waals surface area contributed by atoms with E-state index in [2.05, 4.69) is 21.6 Å². The smallest absolute Gasteiger partial charge is 0.273 e. The monoisotopic (exact) mass is 586 g/mol. The number of benzene rings is 3. The third-order valence-electron chi connectivity index (χ3n) is 7.00. The average Bonchev–Trinajstić information content (AvgIpc) is 3.41. The summed E-state index contributed by atoms with van der Waals surface area (Å²) in [5, 5.41) is 23.3. The summed E-state index contributed by atoms with van der Waals surface area (Å²) in [5.74, 6) is 0.810. The molecule has 216 valence electrons. The fourth-order valence-electron chi connectivity index (χ4n) is 4.94. The molecule has 0 spiro atoms. The van der Waals surface area contributed by atoms with Crippen LogP contribution in [0, 0.1) is 17.0 Å². The van der Waals surface area contributed by atoms with E-state index in [1.807, 2.05) is 54.3 Å². The van der Waals surface area contributed by atoms with Crippen molar-refractivity contribution in [2.75, 3.05) is 23.8 Å². The molecule has 0 bridgehead atoms. The largest absolute Gasteiger partial charge is 0.494 e. The first-order valence-electron chi connectivity index (χ1n) is 13.6. The highest BCUT2D eigenvalue weighted by Crippen LogP contribution is 2.29. The zero-order chi connectivity index (χ0) is 29.6. The molecule has 1 aliphatic rings. The summed E-state index contributed by atoms with van der Waals surface area (Å²) >= 11 is 1.27. The molecule has 0 atom stereocenters. The Morgan fingerprint density at radius 3 is 2.62 bits per heavy atom. The number of nitrogens with zero attached hydrogens (tertiary/aromatic N) is 5. The number of carbonyl (C=O) groups excluding carboxylic acids is 2. The van der Waals surface area contributed by atoms with Crippen molar-refractivity contribution in [1.29, 1.82) is 0 Å². The minimum atomic E-state index is -0.512. The molecule has 5 rings (SSSR count). The number of nitrogens with one attached hydrogen (secondary N) is 1. The Kier molecular flexibility index (Phi) is 8.82. The van der Waals surface area contributed by atoms with Gasteiger partial charge in [0.25, 0.3) is 11.6 Å². The molecule has 0 aliphatic carbocycles. The summed E-state index contributed by atoms with van der Waals surface area (Å²) in [7, 11) is 0. The van der Waals surface area contributed by atoms with E-state index in [1.165, 1.54) is 23.9 Å². The zero-order valence-corrected chi connectivity index (χ0v) is 24.1. The maximum Gasteiger partial charge on any atom is 0.273 e. The molecule has 42 heavy (non-hydrogen) atoms. The number of amides is 2. The van der Waals surface area contributed by atoms with Gasteiger partial charge in [0.2, 0.25) is 5.91 Å². The van der Waals surface area contributed by atoms with Crippen molar-refractivity contribution >= 4 is 35.0 Å². The van der Waals surface area contributed by atoms with Gasteiger partial charge in [-0.1, -0.05) is 36.0 Å². The topological polar surface area (TPSA) is 132 Å². The van der Waals surface area contributed by atoms with Crippen LogP contribution in [0.2, 0.25) is 0 Å². The molecule has 1 aromatic heterocycles. The molecule has 2 amide bonds. The minimum absolute atomic E-state index is 0.00911. The molecule has 0 saturated carbocycles. The Balaban J connectivity index is 1.37. The standard InChI is InChI=1S/C30H30N6O5S/c1-3-41-23-15-13-22(14-16-23)35-27(18-31-29(38)24-10-6-12-25(20(24)2)36(39)40)32-33-30(35)42-19-28(37)34-17-7-9-21-8-4-5-11-26(21)34/h4-6,8,10-16H,3,7,9,17-19H2,1-2H3,(H,31,38). The van der Waals surface area contributed by atoms with Crippen molar-refractivity contribution in [2.45, 2.75) is 38.4 Å². The summed E-state index contributed by atoms with van der Waals surface area (Å²) in [6, 6.07) is 19.7. The lowest BCUT2D eigenvalue weighted by atomic mass is 10.0. The van der Waals surface area contributed by atoms with E-state index in [1.54, 1.807) is 17.6 Å². The van der Waals surface area contributed by atoms with Crippen LogP contribution in [0.5, 0.6) is 5.75 Å². The van der Waals surface area contributed by atoms with Gasteiger partial charge in [-0.2, -0.15) is 0 Å². The second-order valence-electron chi connectivity index (χ2n) is 9.62. The molecule has 0 fully saturated rings. The molecule has 0 saturated heterocycles. The second kappa shape index (κ2) is 12.9. The first-order chi connectivity index (χ1) is 20.4. The van der Waals surface area contributed by atoms with Crippen molar-refractivity contribution < 1.29 is 19.2 Å². The molecule has 0 unspecified atom stereocenters. The SMILES string of the molecule is CCOc1ccc(-n2c(CNC(=O)c3cccc([N+](=O)[O-])c3C)nnc2SCC(=O)N2CCCc3ccccc32)cc1. The van der Waals surface area contributed by atoms with E-state index in [-0.39, 0.29) is 35.0 Å². The fourth-order valence-corrected chi connectivity index (χ4v) is 5.79. The predicted octanol–water partition coefficient (Wildman–Crippen LogP) is 4.88. The molecule has 4 aromatic rings. The summed E-state index contributed by atoms with van der Waals surface area (Å²) < 4.78 is 7.37. The molecule has 0 radical (unpaired) electrons. The van der Waals surface area contributed by atoms with Gasteiger partial charge in [-0.15, -0.1) is 10.2 Å². The molecule has 1 N–H and O–H groups in total. The normalized spacial score (nSPS) is 12.5. The lowest BCUT2D eigenvalue weighted by molar-refractivity contribution is -0.385. The number of thioether (sulfide) groups is 1. The van der Waals surface area contributed by atoms with E-state index < -0.39 is 10.8 Å². The van der Waals surface area contributed by atoms with Crippen molar-refractivity contribution in [3.05, 3.63) is 99.4 Å². The summed E-state index contributed by atoms with van der Waals surface area (Å²) in [6.07, 6.45) is 1.85. The van der Waals surface area contributed by atoms with Crippen molar-refractivity contribution in [3.63, 3.8) is 0 Å². The van der Waals surface area contributed by atoms with Crippen LogP contribution in [0.1, 0.15) is 40.7 Å². The Hall–Kier alpha value is -4.71. The third-order valence-corrected chi connectivity index (χ3v) is 7.91. The van der Waals surface area contributed by atoms with Crippen LogP contribution in [0.15, 0.2) is 71.9 Å². The van der Waals surface area contributed by atoms with Crippen LogP contribution in [0.4, 0.5) is 11.4 Å². The van der Waals surface area contributed by atoms with Gasteiger partial charge < -0.3 is 15.0 Å². The molecular formula is C30H30N6O5S. The number of para-hydroxylation sites is 1. The van der Waals surface area contributed by atoms with Gasteiger partial charge in [0, 0.05) is 35.1 Å². The fraction of sp³-hybridized carbons (Fsp3) is 0.267. The number of aromatic nitrogens is 3. The van der Waals surface area contributed by atoms with E-state index in [4.69, 9.17) is 4.74 Å². The van der Waals surface area contributed by atoms with Crippen LogP contribution in [0.25, 0.3) is 5.69 Å². The lowest BCUT2D eigenvalue weighted by Crippen LogP contribution is -2.36. The van der Waals surface area contributed by atoms with Gasteiger partial charge in [0.05, 0.1) is 23.8 Å². The van der Waals surface area contributed by atoms with Gasteiger partial charge in [-0.25, -0.2) is 0 Å². The van der Waals surface area contributed by atoms with Crippen LogP contribution < -0.4 is 15.0 Å². The van der Waals surface area contributed by atoms with E-state index in [0.29, 0.717) is 29.9 Å². The zero-order valence-electron chi connectivity index (χ0n) is 23.3. The van der Waals surface area contributed by atoms with Crippen LogP contribution in [-0.4, -0.2) is 50.4 Å². The lowest BCUT2D eigenvalue weighted by Gasteiger charge is -2.29. The quantitative estimate of drug-likeness (QED) is 0.158. The minimum Gasteiger partial charge on any atom is -0.494 e. The van der Waals surface area contributed by atoms with Gasteiger partial charge in [-0.05, 0) is 68.7 Å². The summed E-state index contributed by atoms with van der Waals surface area (Å²) in [6.45, 7) is 4.65. The molecular weight excluding hydrogens is 556 g/mol. The van der Waals surface area contributed by atoms with Gasteiger partial charge >= 0.3 is 0 Å². The first-order valence-corrected chi connectivity index (χ1v) is 14.6. The highest BCUT2D eigenvalue weighted by Gasteiger charge is 2.24. The second-order valence-corrected chi connectivity index (χ2v) is 10.6. The number of ether oxygens (including phenoxy) is 1. The summed E-state index contributed by atoms with van der Waals surface area (Å²) in [4.78, 5) is 39.0. The van der Waals surface area contributed by atoms with Crippen LogP contribution >= 0.6 is 11.8 Å². The number of hydrogen-bond acceptors (Lipinski definition) is 8. The third kappa shape index (κ3) is 6.13. The van der Waals surface area contributed by atoms with Crippen LogP contribution in [0.3, 0.4) is 0 Å². The van der Waals surface area contributed by atoms with Gasteiger partial charge in [0.1, 0.15) is 5.75 Å². The number of carbonyl (C=O) groups is 2. The predicted molar refractivity (Wildman–Crippen MR) is 159 cm³/mol. The van der Waals surface area contributed by atoms with E-state index in [9.17, 15) is 19.7 Å². The van der Waals surface area contributed by atoms with Gasteiger partial charge in [-0.3, -0.25) is 24.3 Å². The number of aryl methyl sites for hydroxylation is 1. The molecule has 12 heteroatoms. The number of nitro benzene ring substituents is 1. The maximum atomic E-state index is 13.3. The first kappa shape index (κ1) is 28.8. The molecule has 1 aliphatic heterocycles. The molecule has 3 aromatic carbocycles. The Morgan fingerprint density at radius 2 is 1.86 bits per heavy atom.